The number of aryl methyl sites for hydroxylation is 1. The molecule has 0 bridgehead atoms. The van der Waals surface area contributed by atoms with Crippen molar-refractivity contribution in [3.8, 4) is 5.75 Å². The van der Waals surface area contributed by atoms with Crippen molar-refractivity contribution in [2.24, 2.45) is 5.41 Å². The van der Waals surface area contributed by atoms with E-state index in [0.717, 1.165) is 25.3 Å². The molecule has 0 amide bonds. The summed E-state index contributed by atoms with van der Waals surface area (Å²) < 4.78 is 5.60. The monoisotopic (exact) mass is 261 g/mol. The number of nitrogens with one attached hydrogen (secondary N) is 1. The Bertz CT molecular complexity index is 453. The molecule has 1 aliphatic rings. The van der Waals surface area contributed by atoms with E-state index >= 15 is 0 Å². The van der Waals surface area contributed by atoms with E-state index in [9.17, 15) is 0 Å². The van der Waals surface area contributed by atoms with Gasteiger partial charge in [0.2, 0.25) is 0 Å². The van der Waals surface area contributed by atoms with E-state index in [4.69, 9.17) is 4.74 Å². The summed E-state index contributed by atoms with van der Waals surface area (Å²) in [6.45, 7) is 11.4. The number of methoxy groups -OCH3 is 1. The number of rotatable bonds is 3. The van der Waals surface area contributed by atoms with Crippen LogP contribution in [-0.4, -0.2) is 20.2 Å². The first kappa shape index (κ1) is 14.4. The predicted octanol–water partition coefficient (Wildman–Crippen LogP) is 3.53. The van der Waals surface area contributed by atoms with E-state index in [0.29, 0.717) is 5.41 Å². The first-order valence-electron chi connectivity index (χ1n) is 7.28. The van der Waals surface area contributed by atoms with Gasteiger partial charge in [-0.2, -0.15) is 0 Å². The summed E-state index contributed by atoms with van der Waals surface area (Å²) in [5.74, 6) is 1.03. The molecule has 1 aromatic carbocycles. The highest BCUT2D eigenvalue weighted by molar-refractivity contribution is 5.43. The summed E-state index contributed by atoms with van der Waals surface area (Å²) in [7, 11) is 1.77. The maximum Gasteiger partial charge on any atom is 0.122 e. The second kappa shape index (κ2) is 5.16. The fraction of sp³-hybridized carbons (Fsp3) is 0.647. The van der Waals surface area contributed by atoms with Crippen LogP contribution < -0.4 is 10.1 Å². The van der Waals surface area contributed by atoms with Gasteiger partial charge in [0.15, 0.2) is 0 Å². The lowest BCUT2D eigenvalue weighted by atomic mass is 9.67. The van der Waals surface area contributed by atoms with Gasteiger partial charge in [0.05, 0.1) is 7.11 Å². The molecule has 1 aliphatic heterocycles. The molecule has 2 heteroatoms. The Morgan fingerprint density at radius 3 is 2.53 bits per heavy atom. The van der Waals surface area contributed by atoms with Gasteiger partial charge in [-0.05, 0) is 29.9 Å². The van der Waals surface area contributed by atoms with Crippen molar-refractivity contribution in [2.75, 3.05) is 20.2 Å². The summed E-state index contributed by atoms with van der Waals surface area (Å²) in [5.41, 5.74) is 3.23. The van der Waals surface area contributed by atoms with Crippen LogP contribution in [0.5, 0.6) is 5.75 Å². The molecule has 1 atom stereocenters. The van der Waals surface area contributed by atoms with E-state index in [2.05, 4.69) is 51.2 Å². The number of hydrogen-bond donors (Lipinski definition) is 1. The lowest BCUT2D eigenvalue weighted by Gasteiger charge is -2.44. The van der Waals surface area contributed by atoms with Crippen LogP contribution in [0.25, 0.3) is 0 Å². The van der Waals surface area contributed by atoms with Gasteiger partial charge in [-0.3, -0.25) is 0 Å². The Morgan fingerprint density at radius 1 is 1.21 bits per heavy atom. The van der Waals surface area contributed by atoms with Gasteiger partial charge in [-0.25, -0.2) is 0 Å². The van der Waals surface area contributed by atoms with Crippen molar-refractivity contribution < 1.29 is 4.74 Å². The molecule has 0 saturated carbocycles. The molecule has 1 aromatic rings. The smallest absolute Gasteiger partial charge is 0.122 e. The minimum atomic E-state index is 0.151. The standard InChI is InChI=1S/C17H27NO/c1-6-13-7-8-15(19-5)14(9-13)17(4)10-16(2,3)11-18-12-17/h7-9,18H,6,10-12H2,1-5H3. The molecule has 19 heavy (non-hydrogen) atoms. The summed E-state index contributed by atoms with van der Waals surface area (Å²) in [6.07, 6.45) is 2.26. The van der Waals surface area contributed by atoms with E-state index in [1.807, 2.05) is 0 Å². The molecule has 2 rings (SSSR count). The number of hydrogen-bond acceptors (Lipinski definition) is 2. The molecule has 0 radical (unpaired) electrons. The van der Waals surface area contributed by atoms with Crippen molar-refractivity contribution in [3.63, 3.8) is 0 Å². The third-order valence-electron chi connectivity index (χ3n) is 4.31. The highest BCUT2D eigenvalue weighted by Gasteiger charge is 2.39. The average molecular weight is 261 g/mol. The Balaban J connectivity index is 2.43. The van der Waals surface area contributed by atoms with Crippen molar-refractivity contribution in [1.82, 2.24) is 5.32 Å². The van der Waals surface area contributed by atoms with Gasteiger partial charge < -0.3 is 10.1 Å². The Morgan fingerprint density at radius 2 is 1.95 bits per heavy atom. The van der Waals surface area contributed by atoms with Gasteiger partial charge in [0, 0.05) is 24.1 Å². The normalized spacial score (nSPS) is 26.2. The third-order valence-corrected chi connectivity index (χ3v) is 4.31. The Labute approximate surface area is 117 Å². The van der Waals surface area contributed by atoms with Gasteiger partial charge in [0.25, 0.3) is 0 Å². The fourth-order valence-corrected chi connectivity index (χ4v) is 3.50. The first-order valence-corrected chi connectivity index (χ1v) is 7.28. The van der Waals surface area contributed by atoms with E-state index in [-0.39, 0.29) is 5.41 Å². The fourth-order valence-electron chi connectivity index (χ4n) is 3.50. The number of piperidine rings is 1. The van der Waals surface area contributed by atoms with Crippen LogP contribution in [0.15, 0.2) is 18.2 Å². The topological polar surface area (TPSA) is 21.3 Å². The molecule has 0 aliphatic carbocycles. The highest BCUT2D eigenvalue weighted by Crippen LogP contribution is 2.42. The predicted molar refractivity (Wildman–Crippen MR) is 81.0 cm³/mol. The zero-order valence-electron chi connectivity index (χ0n) is 13.0. The van der Waals surface area contributed by atoms with Gasteiger partial charge >= 0.3 is 0 Å². The lowest BCUT2D eigenvalue weighted by Crippen LogP contribution is -2.49. The lowest BCUT2D eigenvalue weighted by molar-refractivity contribution is 0.176. The zero-order valence-corrected chi connectivity index (χ0v) is 13.0. The molecule has 0 spiro atoms. The molecule has 1 unspecified atom stereocenters. The van der Waals surface area contributed by atoms with Crippen molar-refractivity contribution in [1.29, 1.82) is 0 Å². The molecule has 2 nitrogen and oxygen atoms in total. The molecule has 1 N–H and O–H groups in total. The molecule has 1 fully saturated rings. The molecular formula is C17H27NO. The SMILES string of the molecule is CCc1ccc(OC)c(C2(C)CNCC(C)(C)C2)c1. The van der Waals surface area contributed by atoms with Gasteiger partial charge in [0.1, 0.15) is 5.75 Å². The van der Waals surface area contributed by atoms with Crippen LogP contribution in [0.2, 0.25) is 0 Å². The van der Waals surface area contributed by atoms with Crippen LogP contribution in [0.3, 0.4) is 0 Å². The molecule has 1 heterocycles. The Hall–Kier alpha value is -1.02. The highest BCUT2D eigenvalue weighted by atomic mass is 16.5. The van der Waals surface area contributed by atoms with E-state index < -0.39 is 0 Å². The van der Waals surface area contributed by atoms with Crippen LogP contribution in [0.4, 0.5) is 0 Å². The molecule has 1 saturated heterocycles. The van der Waals surface area contributed by atoms with Crippen molar-refractivity contribution >= 4 is 0 Å². The first-order chi connectivity index (χ1) is 8.90. The van der Waals surface area contributed by atoms with Crippen LogP contribution in [-0.2, 0) is 11.8 Å². The summed E-state index contributed by atoms with van der Waals surface area (Å²) in [5, 5.41) is 3.60. The minimum absolute atomic E-state index is 0.151. The molecular weight excluding hydrogens is 234 g/mol. The quantitative estimate of drug-likeness (QED) is 0.898. The zero-order chi connectivity index (χ0) is 14.1. The molecule has 106 valence electrons. The van der Waals surface area contributed by atoms with Gasteiger partial charge in [-0.15, -0.1) is 0 Å². The van der Waals surface area contributed by atoms with Crippen LogP contribution >= 0.6 is 0 Å². The second-order valence-electron chi connectivity index (χ2n) is 6.89. The van der Waals surface area contributed by atoms with Crippen molar-refractivity contribution in [2.45, 2.75) is 46.0 Å². The second-order valence-corrected chi connectivity index (χ2v) is 6.89. The maximum absolute atomic E-state index is 5.60. The maximum atomic E-state index is 5.60. The van der Waals surface area contributed by atoms with Crippen LogP contribution in [0.1, 0.15) is 45.2 Å². The number of ether oxygens (including phenoxy) is 1. The Kier molecular flexibility index (Phi) is 3.91. The third kappa shape index (κ3) is 2.94. The van der Waals surface area contributed by atoms with Crippen molar-refractivity contribution in [3.05, 3.63) is 29.3 Å². The minimum Gasteiger partial charge on any atom is -0.496 e. The molecule has 0 aromatic heterocycles. The number of benzene rings is 1. The van der Waals surface area contributed by atoms with E-state index in [1.54, 1.807) is 7.11 Å². The average Bonchev–Trinajstić information content (AvgIpc) is 2.36. The largest absolute Gasteiger partial charge is 0.496 e. The summed E-state index contributed by atoms with van der Waals surface area (Å²) in [6, 6.07) is 6.63. The summed E-state index contributed by atoms with van der Waals surface area (Å²) in [4.78, 5) is 0. The summed E-state index contributed by atoms with van der Waals surface area (Å²) >= 11 is 0. The van der Waals surface area contributed by atoms with E-state index in [1.165, 1.54) is 17.5 Å². The van der Waals surface area contributed by atoms with Crippen LogP contribution in [0, 0.1) is 5.41 Å². The van der Waals surface area contributed by atoms with Gasteiger partial charge in [-0.1, -0.05) is 39.8 Å².